The summed E-state index contributed by atoms with van der Waals surface area (Å²) in [6, 6.07) is 1.64. The Morgan fingerprint density at radius 1 is 1.47 bits per heavy atom. The minimum atomic E-state index is -0.115. The molecule has 1 N–H and O–H groups in total. The molecule has 0 bridgehead atoms. The lowest BCUT2D eigenvalue weighted by Gasteiger charge is -2.30. The number of aryl methyl sites for hydroxylation is 1. The molecular weight excluding hydrogens is 240 g/mol. The summed E-state index contributed by atoms with van der Waals surface area (Å²) < 4.78 is 0. The second-order valence-corrected chi connectivity index (χ2v) is 5.27. The fourth-order valence-corrected chi connectivity index (χ4v) is 2.29. The number of piperidine rings is 1. The number of hydrogen-bond donors (Lipinski definition) is 1. The first-order valence-electron chi connectivity index (χ1n) is 6.95. The van der Waals surface area contributed by atoms with Crippen molar-refractivity contribution in [2.45, 2.75) is 26.7 Å². The van der Waals surface area contributed by atoms with Crippen LogP contribution in [0.5, 0.6) is 0 Å². The molecular formula is C14H22N4O. The summed E-state index contributed by atoms with van der Waals surface area (Å²) in [7, 11) is 0. The van der Waals surface area contributed by atoms with Gasteiger partial charge in [-0.25, -0.2) is 9.97 Å². The van der Waals surface area contributed by atoms with E-state index >= 15 is 0 Å². The van der Waals surface area contributed by atoms with Crippen LogP contribution in [0.3, 0.4) is 0 Å². The lowest BCUT2D eigenvalue weighted by molar-refractivity contribution is 0.0939. The van der Waals surface area contributed by atoms with Crippen molar-refractivity contribution in [2.24, 2.45) is 5.92 Å². The number of likely N-dealkylation sites (tertiary alicyclic amines) is 1. The number of carbonyl (C=O) groups excluding carboxylic acids is 1. The van der Waals surface area contributed by atoms with Gasteiger partial charge in [-0.3, -0.25) is 4.79 Å². The first-order valence-corrected chi connectivity index (χ1v) is 6.95. The van der Waals surface area contributed by atoms with Crippen molar-refractivity contribution < 1.29 is 4.79 Å². The van der Waals surface area contributed by atoms with Gasteiger partial charge >= 0.3 is 0 Å². The van der Waals surface area contributed by atoms with Crippen LogP contribution < -0.4 is 5.32 Å². The van der Waals surface area contributed by atoms with E-state index in [1.165, 1.54) is 12.8 Å². The fourth-order valence-electron chi connectivity index (χ4n) is 2.29. The maximum Gasteiger partial charge on any atom is 0.270 e. The molecule has 0 radical (unpaired) electrons. The van der Waals surface area contributed by atoms with Gasteiger partial charge in [0.25, 0.3) is 5.91 Å². The van der Waals surface area contributed by atoms with Gasteiger partial charge in [-0.2, -0.15) is 0 Å². The molecule has 0 aromatic carbocycles. The zero-order chi connectivity index (χ0) is 13.7. The van der Waals surface area contributed by atoms with E-state index in [9.17, 15) is 4.79 Å². The van der Waals surface area contributed by atoms with Crippen LogP contribution in [-0.2, 0) is 0 Å². The van der Waals surface area contributed by atoms with E-state index in [1.54, 1.807) is 19.2 Å². The number of amides is 1. The Balaban J connectivity index is 1.72. The standard InChI is InChI=1S/C14H22N4O/c1-11-4-8-18(9-5-11)10-7-16-14(19)13-3-6-15-12(2)17-13/h3,6,11H,4-5,7-10H2,1-2H3,(H,16,19). The van der Waals surface area contributed by atoms with E-state index in [0.29, 0.717) is 18.1 Å². The molecule has 5 nitrogen and oxygen atoms in total. The van der Waals surface area contributed by atoms with Crippen LogP contribution in [0.1, 0.15) is 36.1 Å². The summed E-state index contributed by atoms with van der Waals surface area (Å²) >= 11 is 0. The number of nitrogens with one attached hydrogen (secondary N) is 1. The molecule has 1 saturated heterocycles. The quantitative estimate of drug-likeness (QED) is 0.887. The second kappa shape index (κ2) is 6.61. The highest BCUT2D eigenvalue weighted by molar-refractivity contribution is 5.92. The van der Waals surface area contributed by atoms with Crippen LogP contribution in [0.25, 0.3) is 0 Å². The Kier molecular flexibility index (Phi) is 4.85. The van der Waals surface area contributed by atoms with Crippen LogP contribution in [0, 0.1) is 12.8 Å². The zero-order valence-electron chi connectivity index (χ0n) is 11.7. The monoisotopic (exact) mass is 262 g/mol. The Bertz CT molecular complexity index is 427. The van der Waals surface area contributed by atoms with Gasteiger partial charge in [0.2, 0.25) is 0 Å². The summed E-state index contributed by atoms with van der Waals surface area (Å²) in [5.41, 5.74) is 0.444. The van der Waals surface area contributed by atoms with Crippen molar-refractivity contribution in [3.63, 3.8) is 0 Å². The fraction of sp³-hybridized carbons (Fsp3) is 0.643. The van der Waals surface area contributed by atoms with E-state index in [-0.39, 0.29) is 5.91 Å². The summed E-state index contributed by atoms with van der Waals surface area (Å²) in [5.74, 6) is 1.35. The Morgan fingerprint density at radius 3 is 2.89 bits per heavy atom. The third-order valence-corrected chi connectivity index (χ3v) is 3.60. The zero-order valence-corrected chi connectivity index (χ0v) is 11.7. The molecule has 1 aromatic rings. The lowest BCUT2D eigenvalue weighted by atomic mass is 9.99. The number of hydrogen-bond acceptors (Lipinski definition) is 4. The van der Waals surface area contributed by atoms with Crippen molar-refractivity contribution in [3.05, 3.63) is 23.8 Å². The molecule has 0 unspecified atom stereocenters. The van der Waals surface area contributed by atoms with E-state index < -0.39 is 0 Å². The number of rotatable bonds is 4. The highest BCUT2D eigenvalue weighted by Crippen LogP contribution is 2.15. The molecule has 5 heteroatoms. The highest BCUT2D eigenvalue weighted by atomic mass is 16.1. The number of aromatic nitrogens is 2. The average Bonchev–Trinajstić information content (AvgIpc) is 2.41. The number of nitrogens with zero attached hydrogens (tertiary/aromatic N) is 3. The predicted molar refractivity (Wildman–Crippen MR) is 73.9 cm³/mol. The van der Waals surface area contributed by atoms with Gasteiger partial charge in [-0.05, 0) is 44.8 Å². The average molecular weight is 262 g/mol. The smallest absolute Gasteiger partial charge is 0.270 e. The van der Waals surface area contributed by atoms with Crippen LogP contribution in [0.4, 0.5) is 0 Å². The van der Waals surface area contributed by atoms with Gasteiger partial charge in [-0.15, -0.1) is 0 Å². The summed E-state index contributed by atoms with van der Waals surface area (Å²) in [5, 5.41) is 2.91. The van der Waals surface area contributed by atoms with Crippen LogP contribution in [0.15, 0.2) is 12.3 Å². The van der Waals surface area contributed by atoms with Gasteiger partial charge in [0.1, 0.15) is 11.5 Å². The molecule has 2 heterocycles. The molecule has 2 rings (SSSR count). The van der Waals surface area contributed by atoms with Crippen molar-refractivity contribution in [1.82, 2.24) is 20.2 Å². The summed E-state index contributed by atoms with van der Waals surface area (Å²) in [6.45, 7) is 7.97. The Hall–Kier alpha value is -1.49. The SMILES string of the molecule is Cc1nccc(C(=O)NCCN2CCC(C)CC2)n1. The molecule has 19 heavy (non-hydrogen) atoms. The van der Waals surface area contributed by atoms with Gasteiger partial charge in [0.05, 0.1) is 0 Å². The third-order valence-electron chi connectivity index (χ3n) is 3.60. The van der Waals surface area contributed by atoms with Gasteiger partial charge in [-0.1, -0.05) is 6.92 Å². The van der Waals surface area contributed by atoms with Crippen LogP contribution in [-0.4, -0.2) is 47.0 Å². The lowest BCUT2D eigenvalue weighted by Crippen LogP contribution is -2.39. The van der Waals surface area contributed by atoms with Gasteiger partial charge in [0.15, 0.2) is 0 Å². The van der Waals surface area contributed by atoms with Crippen molar-refractivity contribution >= 4 is 5.91 Å². The molecule has 1 aliphatic heterocycles. The topological polar surface area (TPSA) is 58.1 Å². The summed E-state index contributed by atoms with van der Waals surface area (Å²) in [6.07, 6.45) is 4.14. The van der Waals surface area contributed by atoms with Gasteiger partial charge < -0.3 is 10.2 Å². The Labute approximate surface area is 114 Å². The normalized spacial score (nSPS) is 17.4. The third kappa shape index (κ3) is 4.28. The molecule has 0 saturated carbocycles. The maximum atomic E-state index is 11.9. The first kappa shape index (κ1) is 13.9. The van der Waals surface area contributed by atoms with E-state index in [1.807, 2.05) is 0 Å². The van der Waals surface area contributed by atoms with Crippen LogP contribution >= 0.6 is 0 Å². The molecule has 0 atom stereocenters. The number of carbonyl (C=O) groups is 1. The van der Waals surface area contributed by atoms with Crippen molar-refractivity contribution in [2.75, 3.05) is 26.2 Å². The molecule has 104 valence electrons. The molecule has 1 fully saturated rings. The predicted octanol–water partition coefficient (Wildman–Crippen LogP) is 1.25. The largest absolute Gasteiger partial charge is 0.349 e. The first-order chi connectivity index (χ1) is 9.15. The van der Waals surface area contributed by atoms with E-state index in [0.717, 1.165) is 25.6 Å². The Morgan fingerprint density at radius 2 is 2.21 bits per heavy atom. The highest BCUT2D eigenvalue weighted by Gasteiger charge is 2.15. The van der Waals surface area contributed by atoms with E-state index in [2.05, 4.69) is 27.1 Å². The maximum absolute atomic E-state index is 11.9. The molecule has 0 aliphatic carbocycles. The van der Waals surface area contributed by atoms with Crippen molar-refractivity contribution in [1.29, 1.82) is 0 Å². The van der Waals surface area contributed by atoms with Gasteiger partial charge in [0, 0.05) is 19.3 Å². The summed E-state index contributed by atoms with van der Waals surface area (Å²) in [4.78, 5) is 22.4. The van der Waals surface area contributed by atoms with Crippen LogP contribution in [0.2, 0.25) is 0 Å². The molecule has 0 spiro atoms. The molecule has 1 aromatic heterocycles. The minimum Gasteiger partial charge on any atom is -0.349 e. The van der Waals surface area contributed by atoms with Crippen molar-refractivity contribution in [3.8, 4) is 0 Å². The minimum absolute atomic E-state index is 0.115. The molecule has 1 aliphatic rings. The van der Waals surface area contributed by atoms with E-state index in [4.69, 9.17) is 0 Å². The second-order valence-electron chi connectivity index (χ2n) is 5.27. The molecule has 1 amide bonds.